The first kappa shape index (κ1) is 24.3. The van der Waals surface area contributed by atoms with E-state index in [0.29, 0.717) is 48.3 Å². The van der Waals surface area contributed by atoms with Gasteiger partial charge >= 0.3 is 6.09 Å². The Balaban J connectivity index is 1.70. The number of hydrogen-bond donors (Lipinski definition) is 1. The molecule has 4 rings (SSSR count). The van der Waals surface area contributed by atoms with Crippen LogP contribution in [0.1, 0.15) is 18.4 Å². The van der Waals surface area contributed by atoms with Crippen molar-refractivity contribution in [3.8, 4) is 17.6 Å². The number of ether oxygens (including phenoxy) is 3. The van der Waals surface area contributed by atoms with Gasteiger partial charge in [-0.2, -0.15) is 5.26 Å². The van der Waals surface area contributed by atoms with Crippen molar-refractivity contribution in [3.63, 3.8) is 0 Å². The molecule has 0 spiro atoms. The topological polar surface area (TPSA) is 96.7 Å². The number of carbonyl (C=O) groups is 1. The van der Waals surface area contributed by atoms with E-state index in [9.17, 15) is 18.8 Å². The number of pyridine rings is 1. The van der Waals surface area contributed by atoms with Crippen molar-refractivity contribution < 1.29 is 27.8 Å². The fraction of sp³-hybridized carbons (Fsp3) is 0.292. The van der Waals surface area contributed by atoms with Crippen molar-refractivity contribution in [1.82, 2.24) is 9.88 Å². The van der Waals surface area contributed by atoms with Crippen molar-refractivity contribution in [2.75, 3.05) is 32.6 Å². The second-order valence-electron chi connectivity index (χ2n) is 7.80. The van der Waals surface area contributed by atoms with Crippen LogP contribution in [0.25, 0.3) is 10.9 Å². The Bertz CT molecular complexity index is 1320. The lowest BCUT2D eigenvalue weighted by atomic mass is 10.1. The lowest BCUT2D eigenvalue weighted by molar-refractivity contribution is 0.0779. The Morgan fingerprint density at radius 3 is 2.63 bits per heavy atom. The smallest absolute Gasteiger partial charge is 0.409 e. The first-order valence-corrected chi connectivity index (χ1v) is 11.0. The second-order valence-corrected chi connectivity index (χ2v) is 8.18. The highest BCUT2D eigenvalue weighted by Crippen LogP contribution is 2.39. The molecule has 1 amide bonds. The molecule has 0 unspecified atom stereocenters. The van der Waals surface area contributed by atoms with Gasteiger partial charge in [-0.05, 0) is 18.2 Å². The normalized spacial score (nSPS) is 13.9. The molecule has 3 aromatic rings. The molecule has 11 heteroatoms. The average molecular weight is 503 g/mol. The van der Waals surface area contributed by atoms with Crippen molar-refractivity contribution in [3.05, 3.63) is 52.7 Å². The summed E-state index contributed by atoms with van der Waals surface area (Å²) < 4.78 is 44.7. The number of fused-ring (bicyclic) bond motifs is 1. The number of nitrogens with one attached hydrogen (secondary N) is 1. The molecule has 1 fully saturated rings. The van der Waals surface area contributed by atoms with Crippen LogP contribution in [0.15, 0.2) is 30.5 Å². The number of benzene rings is 2. The van der Waals surface area contributed by atoms with Gasteiger partial charge in [-0.3, -0.25) is 4.98 Å². The van der Waals surface area contributed by atoms with E-state index in [0.717, 1.165) is 6.07 Å². The number of anilines is 2. The predicted octanol–water partition coefficient (Wildman–Crippen LogP) is 5.40. The molecule has 1 aromatic heterocycles. The second kappa shape index (κ2) is 10.2. The number of halogens is 3. The van der Waals surface area contributed by atoms with Crippen LogP contribution in [0.3, 0.4) is 0 Å². The zero-order valence-electron chi connectivity index (χ0n) is 18.9. The molecule has 0 saturated carbocycles. The van der Waals surface area contributed by atoms with E-state index >= 15 is 0 Å². The Morgan fingerprint density at radius 2 is 1.97 bits per heavy atom. The number of nitriles is 1. The van der Waals surface area contributed by atoms with Gasteiger partial charge in [0.05, 0.1) is 36.7 Å². The summed E-state index contributed by atoms with van der Waals surface area (Å²) in [7, 11) is 2.83. The van der Waals surface area contributed by atoms with E-state index in [4.69, 9.17) is 25.8 Å². The highest BCUT2D eigenvalue weighted by atomic mass is 35.5. The van der Waals surface area contributed by atoms with Gasteiger partial charge in [-0.25, -0.2) is 13.6 Å². The summed E-state index contributed by atoms with van der Waals surface area (Å²) in [4.78, 5) is 17.6. The summed E-state index contributed by atoms with van der Waals surface area (Å²) in [5.41, 5.74) is 0.755. The molecular weight excluding hydrogens is 482 g/mol. The van der Waals surface area contributed by atoms with Crippen LogP contribution in [-0.2, 0) is 4.74 Å². The molecule has 0 radical (unpaired) electrons. The fourth-order valence-corrected chi connectivity index (χ4v) is 4.06. The van der Waals surface area contributed by atoms with Gasteiger partial charge in [0.15, 0.2) is 17.3 Å². The zero-order valence-corrected chi connectivity index (χ0v) is 19.7. The van der Waals surface area contributed by atoms with Crippen LogP contribution < -0.4 is 14.8 Å². The van der Waals surface area contributed by atoms with Crippen LogP contribution in [0.2, 0.25) is 5.02 Å². The van der Waals surface area contributed by atoms with Crippen LogP contribution in [0.4, 0.5) is 25.0 Å². The van der Waals surface area contributed by atoms with Gasteiger partial charge in [0.25, 0.3) is 0 Å². The third-order valence-electron chi connectivity index (χ3n) is 5.74. The van der Waals surface area contributed by atoms with Crippen LogP contribution in [0, 0.1) is 23.0 Å². The summed E-state index contributed by atoms with van der Waals surface area (Å²) in [5.74, 6) is -1.06. The zero-order chi connectivity index (χ0) is 25.1. The first-order valence-electron chi connectivity index (χ1n) is 10.7. The molecule has 1 N–H and O–H groups in total. The minimum Gasteiger partial charge on any atom is -0.493 e. The predicted molar refractivity (Wildman–Crippen MR) is 125 cm³/mol. The SMILES string of the molecule is COC(=O)N1CCC(Oc2cc3c(Nc4ccc(F)c(Cl)c4F)c(C#N)cnc3cc2OC)CC1. The molecule has 0 atom stereocenters. The number of rotatable bonds is 5. The van der Waals surface area contributed by atoms with E-state index in [1.807, 2.05) is 6.07 Å². The molecule has 8 nitrogen and oxygen atoms in total. The van der Waals surface area contributed by atoms with Gasteiger partial charge in [0.1, 0.15) is 23.0 Å². The largest absolute Gasteiger partial charge is 0.493 e. The summed E-state index contributed by atoms with van der Waals surface area (Å²) in [6.07, 6.45) is 1.93. The molecule has 35 heavy (non-hydrogen) atoms. The number of hydrogen-bond acceptors (Lipinski definition) is 7. The standard InChI is InChI=1S/C24H21ClF2N4O4/c1-33-19-10-18-15(9-20(19)35-14-5-7-31(8-6-14)24(32)34-2)23(13(11-28)12-29-18)30-17-4-3-16(26)21(25)22(17)27/h3-4,9-10,12,14H,5-8H2,1-2H3,(H,29,30). The van der Waals surface area contributed by atoms with Crippen molar-refractivity contribution >= 4 is 40.0 Å². The monoisotopic (exact) mass is 502 g/mol. The number of carbonyl (C=O) groups excluding carboxylic acids is 1. The van der Waals surface area contributed by atoms with Crippen molar-refractivity contribution in [2.45, 2.75) is 18.9 Å². The van der Waals surface area contributed by atoms with E-state index in [1.54, 1.807) is 17.0 Å². The molecule has 0 aliphatic carbocycles. The van der Waals surface area contributed by atoms with E-state index in [2.05, 4.69) is 10.3 Å². The van der Waals surface area contributed by atoms with Gasteiger partial charge in [-0.15, -0.1) is 0 Å². The molecule has 1 saturated heterocycles. The van der Waals surface area contributed by atoms with Crippen LogP contribution >= 0.6 is 11.6 Å². The highest BCUT2D eigenvalue weighted by Gasteiger charge is 2.26. The summed E-state index contributed by atoms with van der Waals surface area (Å²) in [5, 5.41) is 12.3. The summed E-state index contributed by atoms with van der Waals surface area (Å²) in [6.45, 7) is 0.954. The third kappa shape index (κ3) is 4.86. The van der Waals surface area contributed by atoms with Gasteiger partial charge in [0.2, 0.25) is 0 Å². The van der Waals surface area contributed by atoms with E-state index in [-0.39, 0.29) is 29.1 Å². The molecule has 2 heterocycles. The number of methoxy groups -OCH3 is 2. The van der Waals surface area contributed by atoms with Crippen LogP contribution in [-0.4, -0.2) is 49.4 Å². The molecule has 182 valence electrons. The van der Waals surface area contributed by atoms with Gasteiger partial charge < -0.3 is 24.4 Å². The lowest BCUT2D eigenvalue weighted by Gasteiger charge is -2.31. The Morgan fingerprint density at radius 1 is 1.23 bits per heavy atom. The molecule has 1 aliphatic rings. The first-order chi connectivity index (χ1) is 16.9. The molecular formula is C24H21ClF2N4O4. The summed E-state index contributed by atoms with van der Waals surface area (Å²) >= 11 is 5.72. The Kier molecular flexibility index (Phi) is 7.07. The van der Waals surface area contributed by atoms with E-state index in [1.165, 1.54) is 26.5 Å². The number of piperidine rings is 1. The number of amides is 1. The number of likely N-dealkylation sites (tertiary alicyclic amines) is 1. The molecule has 2 aromatic carbocycles. The fourth-order valence-electron chi connectivity index (χ4n) is 3.89. The van der Waals surface area contributed by atoms with Crippen molar-refractivity contribution in [1.29, 1.82) is 5.26 Å². The molecule has 0 bridgehead atoms. The highest BCUT2D eigenvalue weighted by molar-refractivity contribution is 6.31. The number of nitrogens with zero attached hydrogens (tertiary/aromatic N) is 3. The average Bonchev–Trinajstić information content (AvgIpc) is 2.88. The third-order valence-corrected chi connectivity index (χ3v) is 6.08. The van der Waals surface area contributed by atoms with E-state index < -0.39 is 16.7 Å². The maximum absolute atomic E-state index is 14.6. The lowest BCUT2D eigenvalue weighted by Crippen LogP contribution is -2.41. The van der Waals surface area contributed by atoms with Gasteiger partial charge in [-0.1, -0.05) is 11.6 Å². The maximum Gasteiger partial charge on any atom is 0.409 e. The Labute approximate surface area is 205 Å². The van der Waals surface area contributed by atoms with Crippen molar-refractivity contribution in [2.24, 2.45) is 0 Å². The number of aromatic nitrogens is 1. The quantitative estimate of drug-likeness (QED) is 0.466. The minimum atomic E-state index is -0.983. The minimum absolute atomic E-state index is 0.103. The maximum atomic E-state index is 14.6. The van der Waals surface area contributed by atoms with Gasteiger partial charge in [0, 0.05) is 43.6 Å². The summed E-state index contributed by atoms with van der Waals surface area (Å²) in [6, 6.07) is 7.55. The van der Waals surface area contributed by atoms with Crippen LogP contribution in [0.5, 0.6) is 11.5 Å². The molecule has 1 aliphatic heterocycles. The Hall–Kier alpha value is -3.84.